The molecule has 2 aromatic rings. The van der Waals surface area contributed by atoms with E-state index in [9.17, 15) is 4.79 Å². The molecule has 102 valence electrons. The van der Waals surface area contributed by atoms with E-state index in [1.807, 2.05) is 27.7 Å². The standard InChI is InChI=1S/C12H18N6O/c1-7(2)18-6-10(5-13-18)12(19)14-8(3)11-15-9(4)16-17-11/h5-8H,1-4H3,(H,14,19)(H,15,16,17)/t8-/m1/s1. The number of aromatic amines is 1. The summed E-state index contributed by atoms with van der Waals surface area (Å²) in [6.07, 6.45) is 3.29. The van der Waals surface area contributed by atoms with Crippen molar-refractivity contribution in [3.63, 3.8) is 0 Å². The van der Waals surface area contributed by atoms with Crippen LogP contribution < -0.4 is 5.32 Å². The summed E-state index contributed by atoms with van der Waals surface area (Å²) in [7, 11) is 0. The fourth-order valence-electron chi connectivity index (χ4n) is 1.64. The van der Waals surface area contributed by atoms with Gasteiger partial charge in [0, 0.05) is 12.2 Å². The van der Waals surface area contributed by atoms with E-state index in [0.717, 1.165) is 5.82 Å². The largest absolute Gasteiger partial charge is 0.342 e. The zero-order chi connectivity index (χ0) is 14.0. The van der Waals surface area contributed by atoms with Gasteiger partial charge in [0.1, 0.15) is 5.82 Å². The number of nitrogens with one attached hydrogen (secondary N) is 2. The summed E-state index contributed by atoms with van der Waals surface area (Å²) in [6.45, 7) is 7.67. The van der Waals surface area contributed by atoms with Gasteiger partial charge < -0.3 is 5.32 Å². The van der Waals surface area contributed by atoms with E-state index < -0.39 is 0 Å². The Kier molecular flexibility index (Phi) is 3.64. The Labute approximate surface area is 111 Å². The molecule has 0 fully saturated rings. The van der Waals surface area contributed by atoms with Crippen LogP contribution in [-0.4, -0.2) is 30.9 Å². The first-order chi connectivity index (χ1) is 8.97. The number of rotatable bonds is 4. The molecular formula is C12H18N6O. The molecule has 0 saturated carbocycles. The lowest BCUT2D eigenvalue weighted by Crippen LogP contribution is -2.27. The number of carbonyl (C=O) groups excluding carboxylic acids is 1. The first-order valence-electron chi connectivity index (χ1n) is 6.21. The Bertz CT molecular complexity index is 570. The molecule has 0 aliphatic heterocycles. The molecule has 0 saturated heterocycles. The fraction of sp³-hybridized carbons (Fsp3) is 0.500. The van der Waals surface area contributed by atoms with Crippen LogP contribution in [0.2, 0.25) is 0 Å². The fourth-order valence-corrected chi connectivity index (χ4v) is 1.64. The maximum absolute atomic E-state index is 12.0. The van der Waals surface area contributed by atoms with Crippen molar-refractivity contribution >= 4 is 5.91 Å². The van der Waals surface area contributed by atoms with Crippen LogP contribution >= 0.6 is 0 Å². The van der Waals surface area contributed by atoms with Crippen molar-refractivity contribution in [2.45, 2.75) is 39.8 Å². The van der Waals surface area contributed by atoms with Gasteiger partial charge in [0.15, 0.2) is 5.82 Å². The number of amides is 1. The van der Waals surface area contributed by atoms with Gasteiger partial charge in [-0.1, -0.05) is 0 Å². The molecular weight excluding hydrogens is 244 g/mol. The van der Waals surface area contributed by atoms with Gasteiger partial charge in [0.2, 0.25) is 0 Å². The van der Waals surface area contributed by atoms with Crippen molar-refractivity contribution in [3.8, 4) is 0 Å². The highest BCUT2D eigenvalue weighted by atomic mass is 16.1. The molecule has 0 aliphatic rings. The van der Waals surface area contributed by atoms with Crippen molar-refractivity contribution in [1.29, 1.82) is 0 Å². The highest BCUT2D eigenvalue weighted by molar-refractivity contribution is 5.93. The van der Waals surface area contributed by atoms with Crippen molar-refractivity contribution in [2.24, 2.45) is 0 Å². The molecule has 0 radical (unpaired) electrons. The monoisotopic (exact) mass is 262 g/mol. The van der Waals surface area contributed by atoms with Gasteiger partial charge in [-0.15, -0.1) is 0 Å². The molecule has 2 rings (SSSR count). The Morgan fingerprint density at radius 1 is 1.42 bits per heavy atom. The lowest BCUT2D eigenvalue weighted by Gasteiger charge is -2.09. The summed E-state index contributed by atoms with van der Waals surface area (Å²) in [6, 6.07) is -0.0190. The number of carbonyl (C=O) groups is 1. The quantitative estimate of drug-likeness (QED) is 0.871. The van der Waals surface area contributed by atoms with Crippen molar-refractivity contribution in [2.75, 3.05) is 0 Å². The van der Waals surface area contributed by atoms with E-state index in [0.29, 0.717) is 11.4 Å². The molecule has 0 bridgehead atoms. The number of hydrogen-bond donors (Lipinski definition) is 2. The summed E-state index contributed by atoms with van der Waals surface area (Å²) >= 11 is 0. The summed E-state index contributed by atoms with van der Waals surface area (Å²) in [5, 5.41) is 13.8. The summed E-state index contributed by atoms with van der Waals surface area (Å²) < 4.78 is 1.75. The number of aryl methyl sites for hydroxylation is 1. The maximum atomic E-state index is 12.0. The van der Waals surface area contributed by atoms with E-state index >= 15 is 0 Å². The molecule has 0 aromatic carbocycles. The van der Waals surface area contributed by atoms with E-state index in [1.54, 1.807) is 17.1 Å². The molecule has 19 heavy (non-hydrogen) atoms. The third kappa shape index (κ3) is 2.98. The third-order valence-electron chi connectivity index (χ3n) is 2.74. The Balaban J connectivity index is 2.04. The van der Waals surface area contributed by atoms with Crippen LogP contribution in [0, 0.1) is 6.92 Å². The van der Waals surface area contributed by atoms with Crippen LogP contribution in [0.15, 0.2) is 12.4 Å². The van der Waals surface area contributed by atoms with Crippen LogP contribution in [0.3, 0.4) is 0 Å². The second kappa shape index (κ2) is 5.21. The minimum absolute atomic E-state index is 0.179. The van der Waals surface area contributed by atoms with Gasteiger partial charge in [-0.3, -0.25) is 14.6 Å². The van der Waals surface area contributed by atoms with Gasteiger partial charge >= 0.3 is 0 Å². The van der Waals surface area contributed by atoms with Gasteiger partial charge in [0.25, 0.3) is 5.91 Å². The predicted molar refractivity (Wildman–Crippen MR) is 69.6 cm³/mol. The SMILES string of the molecule is Cc1nc([C@@H](C)NC(=O)c2cnn(C(C)C)c2)n[nH]1. The van der Waals surface area contributed by atoms with Crippen LogP contribution in [0.5, 0.6) is 0 Å². The first kappa shape index (κ1) is 13.3. The minimum Gasteiger partial charge on any atom is -0.342 e. The highest BCUT2D eigenvalue weighted by Crippen LogP contribution is 2.09. The minimum atomic E-state index is -0.250. The number of hydrogen-bond acceptors (Lipinski definition) is 4. The van der Waals surface area contributed by atoms with Crippen molar-refractivity contribution in [1.82, 2.24) is 30.3 Å². The smallest absolute Gasteiger partial charge is 0.255 e. The second-order valence-corrected chi connectivity index (χ2v) is 4.78. The maximum Gasteiger partial charge on any atom is 0.255 e. The molecule has 1 atom stereocenters. The average Bonchev–Trinajstić information content (AvgIpc) is 2.96. The zero-order valence-electron chi connectivity index (χ0n) is 11.5. The predicted octanol–water partition coefficient (Wildman–Crippen LogP) is 1.38. The normalized spacial score (nSPS) is 12.7. The second-order valence-electron chi connectivity index (χ2n) is 4.78. The topological polar surface area (TPSA) is 88.5 Å². The highest BCUT2D eigenvalue weighted by Gasteiger charge is 2.16. The molecule has 0 aliphatic carbocycles. The van der Waals surface area contributed by atoms with E-state index in [2.05, 4.69) is 25.6 Å². The Morgan fingerprint density at radius 2 is 2.16 bits per heavy atom. The Morgan fingerprint density at radius 3 is 2.68 bits per heavy atom. The molecule has 7 heteroatoms. The van der Waals surface area contributed by atoms with E-state index in [1.165, 1.54) is 0 Å². The van der Waals surface area contributed by atoms with Crippen molar-refractivity contribution in [3.05, 3.63) is 29.6 Å². The molecule has 0 unspecified atom stereocenters. The zero-order valence-corrected chi connectivity index (χ0v) is 11.5. The summed E-state index contributed by atoms with van der Waals surface area (Å²) in [4.78, 5) is 16.2. The molecule has 7 nitrogen and oxygen atoms in total. The average molecular weight is 262 g/mol. The number of nitrogens with zero attached hydrogens (tertiary/aromatic N) is 4. The molecule has 0 spiro atoms. The van der Waals surface area contributed by atoms with Crippen LogP contribution in [-0.2, 0) is 0 Å². The molecule has 1 amide bonds. The van der Waals surface area contributed by atoms with E-state index in [-0.39, 0.29) is 18.0 Å². The Hall–Kier alpha value is -2.18. The van der Waals surface area contributed by atoms with Crippen LogP contribution in [0.25, 0.3) is 0 Å². The summed E-state index contributed by atoms with van der Waals surface area (Å²) in [5.41, 5.74) is 0.535. The van der Waals surface area contributed by atoms with E-state index in [4.69, 9.17) is 0 Å². The van der Waals surface area contributed by atoms with Gasteiger partial charge in [0.05, 0.1) is 17.8 Å². The lowest BCUT2D eigenvalue weighted by molar-refractivity contribution is 0.0938. The molecule has 2 heterocycles. The third-order valence-corrected chi connectivity index (χ3v) is 2.74. The van der Waals surface area contributed by atoms with Gasteiger partial charge in [-0.25, -0.2) is 4.98 Å². The van der Waals surface area contributed by atoms with Crippen LogP contribution in [0.4, 0.5) is 0 Å². The van der Waals surface area contributed by atoms with Crippen molar-refractivity contribution < 1.29 is 4.79 Å². The summed E-state index contributed by atoms with van der Waals surface area (Å²) in [5.74, 6) is 1.12. The number of H-pyrrole nitrogens is 1. The molecule has 2 N–H and O–H groups in total. The van der Waals surface area contributed by atoms with Crippen LogP contribution in [0.1, 0.15) is 54.9 Å². The van der Waals surface area contributed by atoms with Gasteiger partial charge in [-0.2, -0.15) is 10.2 Å². The number of aromatic nitrogens is 5. The lowest BCUT2D eigenvalue weighted by atomic mass is 10.2. The van der Waals surface area contributed by atoms with Gasteiger partial charge in [-0.05, 0) is 27.7 Å². The first-order valence-corrected chi connectivity index (χ1v) is 6.21. The molecule has 2 aromatic heterocycles.